The summed E-state index contributed by atoms with van der Waals surface area (Å²) in [5, 5.41) is 2.54. The van der Waals surface area contributed by atoms with E-state index in [1.54, 1.807) is 31.6 Å². The average Bonchev–Trinajstić information content (AvgIpc) is 3.64. The maximum atomic E-state index is 13.5. The van der Waals surface area contributed by atoms with Gasteiger partial charge in [0.15, 0.2) is 0 Å². The van der Waals surface area contributed by atoms with Crippen LogP contribution in [0, 0.1) is 11.8 Å². The van der Waals surface area contributed by atoms with E-state index in [0.717, 1.165) is 37.8 Å². The van der Waals surface area contributed by atoms with E-state index in [9.17, 15) is 14.4 Å². The SMILES string of the molecule is COC(=O)NC/C=C\c1nc(CC/C=C\C(=O)O[C@@H]2CC3C4C[C@H](OC)CC5CCC[C@H](C[C@H](/C=C/CC(C)C)OC(=O)C[C@]3(C2)O4)O5)co1. The van der Waals surface area contributed by atoms with E-state index in [1.807, 2.05) is 6.08 Å². The molecule has 1 spiro atoms. The highest BCUT2D eigenvalue weighted by Crippen LogP contribution is 2.55. The molecule has 0 aromatic carbocycles. The number of rotatable bonds is 12. The summed E-state index contributed by atoms with van der Waals surface area (Å²) in [6, 6.07) is 0. The number of carbonyl (C=O) groups excluding carboxylic acids is 3. The minimum Gasteiger partial charge on any atom is -0.459 e. The number of fused-ring (bicyclic) bond motifs is 6. The van der Waals surface area contributed by atoms with Crippen LogP contribution in [0.25, 0.3) is 6.08 Å². The number of hydrogen-bond acceptors (Lipinski definition) is 11. The van der Waals surface area contributed by atoms with Crippen molar-refractivity contribution >= 4 is 24.1 Å². The summed E-state index contributed by atoms with van der Waals surface area (Å²) < 4.78 is 41.0. The fourth-order valence-electron chi connectivity index (χ4n) is 7.66. The van der Waals surface area contributed by atoms with Crippen molar-refractivity contribution in [2.75, 3.05) is 20.8 Å². The normalized spacial score (nSPS) is 31.7. The Morgan fingerprint density at radius 2 is 1.90 bits per heavy atom. The van der Waals surface area contributed by atoms with Crippen LogP contribution in [0.2, 0.25) is 0 Å². The predicted molar refractivity (Wildman–Crippen MR) is 184 cm³/mol. The van der Waals surface area contributed by atoms with Gasteiger partial charge in [-0.2, -0.15) is 0 Å². The first-order valence-corrected chi connectivity index (χ1v) is 18.2. The van der Waals surface area contributed by atoms with E-state index in [4.69, 9.17) is 28.1 Å². The molecule has 12 heteroatoms. The molecule has 3 unspecified atom stereocenters. The molecule has 1 saturated carbocycles. The third-order valence-corrected chi connectivity index (χ3v) is 10.1. The van der Waals surface area contributed by atoms with Gasteiger partial charge in [-0.05, 0) is 69.4 Å². The summed E-state index contributed by atoms with van der Waals surface area (Å²) in [7, 11) is 3.04. The van der Waals surface area contributed by atoms with E-state index in [-0.39, 0.29) is 61.5 Å². The van der Waals surface area contributed by atoms with Gasteiger partial charge in [-0.1, -0.05) is 32.1 Å². The number of alkyl carbamates (subject to hydrolysis) is 1. The van der Waals surface area contributed by atoms with Gasteiger partial charge in [0.1, 0.15) is 18.5 Å². The van der Waals surface area contributed by atoms with Gasteiger partial charge in [0.25, 0.3) is 0 Å². The van der Waals surface area contributed by atoms with Crippen molar-refractivity contribution in [2.24, 2.45) is 11.8 Å². The second-order valence-corrected chi connectivity index (χ2v) is 14.4. The van der Waals surface area contributed by atoms with E-state index in [1.165, 1.54) is 13.2 Å². The Bertz CT molecular complexity index is 1370. The van der Waals surface area contributed by atoms with E-state index >= 15 is 0 Å². The number of nitrogens with zero attached hydrogens (tertiary/aromatic N) is 1. The van der Waals surface area contributed by atoms with Crippen molar-refractivity contribution in [1.29, 1.82) is 0 Å². The van der Waals surface area contributed by atoms with Crippen LogP contribution in [0.15, 0.2) is 41.1 Å². The van der Waals surface area contributed by atoms with Gasteiger partial charge in [0.05, 0.1) is 49.2 Å². The second kappa shape index (κ2) is 18.1. The monoisotopic (exact) mass is 698 g/mol. The number of carbonyl (C=O) groups is 3. The minimum atomic E-state index is -0.716. The van der Waals surface area contributed by atoms with Gasteiger partial charge < -0.3 is 38.2 Å². The van der Waals surface area contributed by atoms with Crippen molar-refractivity contribution in [3.05, 3.63) is 48.2 Å². The van der Waals surface area contributed by atoms with Crippen LogP contribution in [0.4, 0.5) is 4.79 Å². The third-order valence-electron chi connectivity index (χ3n) is 10.1. The van der Waals surface area contributed by atoms with Crippen LogP contribution in [0.5, 0.6) is 0 Å². The van der Waals surface area contributed by atoms with Gasteiger partial charge in [-0.3, -0.25) is 4.79 Å². The molecule has 5 aliphatic rings. The smallest absolute Gasteiger partial charge is 0.407 e. The molecule has 4 aliphatic heterocycles. The Morgan fingerprint density at radius 1 is 1.08 bits per heavy atom. The lowest BCUT2D eigenvalue weighted by Gasteiger charge is -2.52. The van der Waals surface area contributed by atoms with Crippen LogP contribution >= 0.6 is 0 Å². The maximum Gasteiger partial charge on any atom is 0.407 e. The first-order valence-electron chi connectivity index (χ1n) is 18.2. The first kappa shape index (κ1) is 37.8. The number of aryl methyl sites for hydroxylation is 1. The zero-order chi connectivity index (χ0) is 35.5. The van der Waals surface area contributed by atoms with E-state index in [0.29, 0.717) is 50.3 Å². The fraction of sp³-hybridized carbons (Fsp3) is 0.684. The van der Waals surface area contributed by atoms with Gasteiger partial charge in [-0.15, -0.1) is 0 Å². The van der Waals surface area contributed by atoms with E-state index < -0.39 is 17.7 Å². The molecule has 1 aromatic heterocycles. The second-order valence-electron chi connectivity index (χ2n) is 14.4. The number of esters is 2. The van der Waals surface area contributed by atoms with Crippen LogP contribution in [0.1, 0.15) is 96.1 Å². The van der Waals surface area contributed by atoms with E-state index in [2.05, 4.69) is 35.0 Å². The Kier molecular flexibility index (Phi) is 13.7. The van der Waals surface area contributed by atoms with Gasteiger partial charge in [0.2, 0.25) is 5.89 Å². The molecule has 50 heavy (non-hydrogen) atoms. The standard InChI is InChI=1S/C38H54N2O10/c1-25(2)10-7-12-29-18-27-13-8-14-28(47-27)19-30(44-3)21-33-32-20-31(22-38(32,50-33)23-36(42)48-29)49-35(41)16-6-5-11-26-24-46-34(40-26)15-9-17-39-37(43)45-4/h6-7,9,12,15-16,24-25,27-33H,5,8,10-11,13-14,17-23H2,1-4H3,(H,39,43)/b12-7+,15-9-,16-6-/t27-,28?,29+,30-,31-,32?,33?,38+/m1/s1. The van der Waals surface area contributed by atoms with Gasteiger partial charge >= 0.3 is 18.0 Å². The molecular weight excluding hydrogens is 644 g/mol. The Balaban J connectivity index is 1.16. The highest BCUT2D eigenvalue weighted by molar-refractivity contribution is 5.82. The van der Waals surface area contributed by atoms with Crippen LogP contribution in [-0.2, 0) is 44.4 Å². The van der Waals surface area contributed by atoms with Crippen molar-refractivity contribution in [3.63, 3.8) is 0 Å². The quantitative estimate of drug-likeness (QED) is 0.118. The Hall–Kier alpha value is -3.48. The Labute approximate surface area is 295 Å². The topological polar surface area (TPSA) is 145 Å². The first-order chi connectivity index (χ1) is 24.1. The maximum absolute atomic E-state index is 13.5. The number of amides is 1. The summed E-state index contributed by atoms with van der Waals surface area (Å²) >= 11 is 0. The number of allylic oxidation sites excluding steroid dienone is 2. The van der Waals surface area contributed by atoms with Crippen molar-refractivity contribution < 1.29 is 47.2 Å². The summed E-state index contributed by atoms with van der Waals surface area (Å²) in [5.74, 6) is 0.265. The van der Waals surface area contributed by atoms with Crippen molar-refractivity contribution in [1.82, 2.24) is 10.3 Å². The predicted octanol–water partition coefficient (Wildman–Crippen LogP) is 6.03. The molecule has 4 saturated heterocycles. The Morgan fingerprint density at radius 3 is 2.68 bits per heavy atom. The largest absolute Gasteiger partial charge is 0.459 e. The average molecular weight is 699 g/mol. The lowest BCUT2D eigenvalue weighted by Crippen LogP contribution is -2.59. The van der Waals surface area contributed by atoms with Crippen molar-refractivity contribution in [3.8, 4) is 0 Å². The zero-order valence-corrected chi connectivity index (χ0v) is 29.9. The number of ether oxygens (including phenoxy) is 6. The molecule has 1 amide bonds. The van der Waals surface area contributed by atoms with Gasteiger partial charge in [0, 0.05) is 44.9 Å². The molecule has 276 valence electrons. The highest BCUT2D eigenvalue weighted by atomic mass is 16.6. The molecule has 8 atom stereocenters. The van der Waals surface area contributed by atoms with Crippen LogP contribution in [0.3, 0.4) is 0 Å². The molecule has 5 fully saturated rings. The summed E-state index contributed by atoms with van der Waals surface area (Å²) in [4.78, 5) is 41.9. The van der Waals surface area contributed by atoms with Crippen LogP contribution < -0.4 is 5.32 Å². The molecular formula is C38H54N2O10. The molecule has 4 bridgehead atoms. The highest BCUT2D eigenvalue weighted by Gasteiger charge is 2.62. The molecule has 12 nitrogen and oxygen atoms in total. The lowest BCUT2D eigenvalue weighted by molar-refractivity contribution is -0.260. The molecule has 1 aliphatic carbocycles. The number of oxazole rings is 1. The molecule has 6 rings (SSSR count). The molecule has 1 N–H and O–H groups in total. The van der Waals surface area contributed by atoms with Crippen molar-refractivity contribution in [2.45, 2.75) is 133 Å². The molecule has 5 heterocycles. The molecule has 0 radical (unpaired) electrons. The van der Waals surface area contributed by atoms with Crippen LogP contribution in [-0.4, -0.2) is 86.0 Å². The summed E-state index contributed by atoms with van der Waals surface area (Å²) in [5.41, 5.74) is 0.0247. The lowest BCUT2D eigenvalue weighted by atomic mass is 9.75. The summed E-state index contributed by atoms with van der Waals surface area (Å²) in [6.45, 7) is 4.62. The number of nitrogens with one attached hydrogen (secondary N) is 1. The molecule has 1 aromatic rings. The minimum absolute atomic E-state index is 0.0247. The number of hydrogen-bond donors (Lipinski definition) is 1. The zero-order valence-electron chi connectivity index (χ0n) is 29.9. The van der Waals surface area contributed by atoms with Gasteiger partial charge in [-0.25, -0.2) is 14.6 Å². The number of methoxy groups -OCH3 is 2. The summed E-state index contributed by atoms with van der Waals surface area (Å²) in [6.07, 6.45) is 19.4. The fourth-order valence-corrected chi connectivity index (χ4v) is 7.66. The number of aromatic nitrogens is 1. The third kappa shape index (κ3) is 10.8.